The molecule has 0 radical (unpaired) electrons. The number of esters is 2. The number of aliphatic hydroxyl groups excluding tert-OH is 1. The van der Waals surface area contributed by atoms with Crippen molar-refractivity contribution in [1.82, 2.24) is 0 Å². The van der Waals surface area contributed by atoms with Gasteiger partial charge >= 0.3 is 11.9 Å². The number of rotatable bonds is 61. The summed E-state index contributed by atoms with van der Waals surface area (Å²) < 4.78 is 10.7. The van der Waals surface area contributed by atoms with Gasteiger partial charge in [-0.25, -0.2) is 0 Å². The van der Waals surface area contributed by atoms with Crippen LogP contribution in [-0.2, 0) is 19.1 Å². The zero-order valence-electron chi connectivity index (χ0n) is 49.6. The molecule has 0 heterocycles. The molecule has 0 rings (SSSR count). The van der Waals surface area contributed by atoms with Crippen LogP contribution in [0, 0.1) is 0 Å². The van der Waals surface area contributed by atoms with E-state index in [1.165, 1.54) is 250 Å². The number of allylic oxidation sites excluding steroid dienone is 10. The second-order valence-electron chi connectivity index (χ2n) is 22.2. The molecule has 0 saturated heterocycles. The minimum atomic E-state index is -0.781. The summed E-state index contributed by atoms with van der Waals surface area (Å²) in [5.41, 5.74) is 0. The third-order valence-corrected chi connectivity index (χ3v) is 14.8. The van der Waals surface area contributed by atoms with Gasteiger partial charge in [-0.05, 0) is 77.0 Å². The molecule has 1 N–H and O–H groups in total. The smallest absolute Gasteiger partial charge is 0.306 e. The molecule has 0 amide bonds. The number of ether oxygens (including phenoxy) is 2. The average Bonchev–Trinajstić information content (AvgIpc) is 3.40. The standard InChI is InChI=1S/C69H126O5/c1-3-5-7-9-11-13-15-17-19-21-23-24-25-26-27-28-29-30-31-32-33-34-35-36-37-38-39-40-41-42-43-44-46-47-49-51-53-55-57-59-61-63-68(71)73-66-67(65-70)74-69(72)64-62-60-58-56-54-52-50-48-45-22-20-18-16-14-12-10-8-6-4-2/h6,8,12,14,18,20-21,23,45,48,67,70H,3-5,7,9-11,13,15-17,19,22,24-44,46-47,49-66H2,1-2H3/b8-6-,14-12-,20-18-,23-21-,48-45-. The van der Waals surface area contributed by atoms with Crippen LogP contribution in [0.5, 0.6) is 0 Å². The molecule has 1 unspecified atom stereocenters. The van der Waals surface area contributed by atoms with Crippen LogP contribution < -0.4 is 0 Å². The van der Waals surface area contributed by atoms with Gasteiger partial charge < -0.3 is 14.6 Å². The van der Waals surface area contributed by atoms with Gasteiger partial charge in [0.25, 0.3) is 0 Å². The highest BCUT2D eigenvalue weighted by atomic mass is 16.6. The summed E-state index contributed by atoms with van der Waals surface area (Å²) in [6.07, 6.45) is 88.3. The molecule has 0 spiro atoms. The van der Waals surface area contributed by atoms with Crippen molar-refractivity contribution in [2.45, 2.75) is 354 Å². The first-order valence-corrected chi connectivity index (χ1v) is 32.8. The normalized spacial score (nSPS) is 12.5. The summed E-state index contributed by atoms with van der Waals surface area (Å²) in [5.74, 6) is -0.594. The van der Waals surface area contributed by atoms with E-state index in [-0.39, 0.29) is 25.2 Å². The van der Waals surface area contributed by atoms with Gasteiger partial charge in [0.05, 0.1) is 6.61 Å². The molecule has 432 valence electrons. The molecule has 0 aromatic heterocycles. The van der Waals surface area contributed by atoms with E-state index in [4.69, 9.17) is 9.47 Å². The molecule has 0 fully saturated rings. The lowest BCUT2D eigenvalue weighted by Gasteiger charge is -2.15. The maximum Gasteiger partial charge on any atom is 0.306 e. The van der Waals surface area contributed by atoms with E-state index < -0.39 is 6.10 Å². The van der Waals surface area contributed by atoms with Gasteiger partial charge in [0.1, 0.15) is 6.61 Å². The molecule has 0 aromatic rings. The van der Waals surface area contributed by atoms with Gasteiger partial charge in [0.2, 0.25) is 0 Å². The maximum absolute atomic E-state index is 12.3. The molecule has 1 atom stereocenters. The van der Waals surface area contributed by atoms with E-state index in [9.17, 15) is 14.7 Å². The number of hydrogen-bond donors (Lipinski definition) is 1. The fraction of sp³-hybridized carbons (Fsp3) is 0.826. The first-order chi connectivity index (χ1) is 36.6. The largest absolute Gasteiger partial charge is 0.462 e. The van der Waals surface area contributed by atoms with Gasteiger partial charge in [-0.3, -0.25) is 9.59 Å². The van der Waals surface area contributed by atoms with Crippen molar-refractivity contribution in [3.05, 3.63) is 60.8 Å². The van der Waals surface area contributed by atoms with Crippen LogP contribution in [0.2, 0.25) is 0 Å². The summed E-state index contributed by atoms with van der Waals surface area (Å²) in [6, 6.07) is 0. The van der Waals surface area contributed by atoms with E-state index in [1.807, 2.05) is 0 Å². The van der Waals surface area contributed by atoms with Crippen molar-refractivity contribution >= 4 is 11.9 Å². The quantitative estimate of drug-likeness (QED) is 0.0373. The Bertz CT molecular complexity index is 1260. The number of carbonyl (C=O) groups is 2. The van der Waals surface area contributed by atoms with Crippen molar-refractivity contribution in [3.63, 3.8) is 0 Å². The second kappa shape index (κ2) is 64.9. The average molecular weight is 1040 g/mol. The van der Waals surface area contributed by atoms with Crippen LogP contribution in [-0.4, -0.2) is 36.4 Å². The Morgan fingerprint density at radius 2 is 0.581 bits per heavy atom. The Balaban J connectivity index is 3.37. The van der Waals surface area contributed by atoms with E-state index in [1.54, 1.807) is 0 Å². The Kier molecular flexibility index (Phi) is 62.8. The molecule has 0 aromatic carbocycles. The first kappa shape index (κ1) is 71.6. The van der Waals surface area contributed by atoms with Crippen LogP contribution >= 0.6 is 0 Å². The molecule has 0 bridgehead atoms. The minimum Gasteiger partial charge on any atom is -0.462 e. The molecule has 0 aliphatic rings. The van der Waals surface area contributed by atoms with Crippen molar-refractivity contribution < 1.29 is 24.2 Å². The Morgan fingerprint density at radius 3 is 0.892 bits per heavy atom. The molecule has 5 nitrogen and oxygen atoms in total. The van der Waals surface area contributed by atoms with Gasteiger partial charge in [0, 0.05) is 12.8 Å². The number of carbonyl (C=O) groups excluding carboxylic acids is 2. The molecule has 0 aliphatic heterocycles. The summed E-state index contributed by atoms with van der Waals surface area (Å²) in [5, 5.41) is 9.66. The lowest BCUT2D eigenvalue weighted by Crippen LogP contribution is -2.28. The van der Waals surface area contributed by atoms with Crippen LogP contribution in [0.3, 0.4) is 0 Å². The zero-order chi connectivity index (χ0) is 53.4. The second-order valence-corrected chi connectivity index (χ2v) is 22.2. The molecule has 5 heteroatoms. The fourth-order valence-electron chi connectivity index (χ4n) is 9.90. The SMILES string of the molecule is CC/C=C\C/C=C\C/C=C\C/C=C\CCCCCCCCC(=O)OC(CO)COC(=O)CCCCCCCCCCCCCCCCCCCCCCCCCCCCCCC/C=C\CCCCCCCCCC. The predicted octanol–water partition coefficient (Wildman–Crippen LogP) is 22.5. The number of unbranched alkanes of at least 4 members (excludes halogenated alkanes) is 43. The number of aliphatic hydroxyl groups is 1. The topological polar surface area (TPSA) is 72.8 Å². The van der Waals surface area contributed by atoms with Crippen molar-refractivity contribution in [2.24, 2.45) is 0 Å². The highest BCUT2D eigenvalue weighted by Gasteiger charge is 2.16. The highest BCUT2D eigenvalue weighted by Crippen LogP contribution is 2.18. The Labute approximate surface area is 461 Å². The summed E-state index contributed by atoms with van der Waals surface area (Å²) in [7, 11) is 0. The van der Waals surface area contributed by atoms with Crippen LogP contribution in [0.15, 0.2) is 60.8 Å². The predicted molar refractivity (Wildman–Crippen MR) is 325 cm³/mol. The maximum atomic E-state index is 12.3. The summed E-state index contributed by atoms with van der Waals surface area (Å²) >= 11 is 0. The highest BCUT2D eigenvalue weighted by molar-refractivity contribution is 5.70. The minimum absolute atomic E-state index is 0.0701. The molecular weight excluding hydrogens is 909 g/mol. The Morgan fingerprint density at radius 1 is 0.324 bits per heavy atom. The summed E-state index contributed by atoms with van der Waals surface area (Å²) in [4.78, 5) is 24.5. The lowest BCUT2D eigenvalue weighted by atomic mass is 10.0. The number of hydrogen-bond acceptors (Lipinski definition) is 5. The van der Waals surface area contributed by atoms with E-state index >= 15 is 0 Å². The Hall–Kier alpha value is -2.40. The van der Waals surface area contributed by atoms with Gasteiger partial charge in [-0.15, -0.1) is 0 Å². The molecule has 74 heavy (non-hydrogen) atoms. The van der Waals surface area contributed by atoms with E-state index in [0.29, 0.717) is 12.8 Å². The molecular formula is C69H126O5. The van der Waals surface area contributed by atoms with E-state index in [0.717, 1.165) is 70.6 Å². The van der Waals surface area contributed by atoms with Gasteiger partial charge in [-0.2, -0.15) is 0 Å². The van der Waals surface area contributed by atoms with Crippen LogP contribution in [0.4, 0.5) is 0 Å². The molecule has 0 saturated carbocycles. The van der Waals surface area contributed by atoms with E-state index in [2.05, 4.69) is 74.6 Å². The van der Waals surface area contributed by atoms with Crippen molar-refractivity contribution in [1.29, 1.82) is 0 Å². The monoisotopic (exact) mass is 1030 g/mol. The third kappa shape index (κ3) is 62.1. The van der Waals surface area contributed by atoms with Crippen LogP contribution in [0.1, 0.15) is 348 Å². The van der Waals surface area contributed by atoms with Gasteiger partial charge in [-0.1, -0.05) is 319 Å². The lowest BCUT2D eigenvalue weighted by molar-refractivity contribution is -0.161. The third-order valence-electron chi connectivity index (χ3n) is 14.8. The van der Waals surface area contributed by atoms with Crippen molar-refractivity contribution in [2.75, 3.05) is 13.2 Å². The fourth-order valence-corrected chi connectivity index (χ4v) is 9.90. The zero-order valence-corrected chi connectivity index (χ0v) is 49.6. The van der Waals surface area contributed by atoms with Gasteiger partial charge in [0.15, 0.2) is 6.10 Å². The molecule has 0 aliphatic carbocycles. The van der Waals surface area contributed by atoms with Crippen LogP contribution in [0.25, 0.3) is 0 Å². The summed E-state index contributed by atoms with van der Waals surface area (Å²) in [6.45, 7) is 4.05. The first-order valence-electron chi connectivity index (χ1n) is 32.8. The van der Waals surface area contributed by atoms with Crippen molar-refractivity contribution in [3.8, 4) is 0 Å².